The number of methoxy groups -OCH3 is 1. The summed E-state index contributed by atoms with van der Waals surface area (Å²) in [6, 6.07) is 14.1. The van der Waals surface area contributed by atoms with E-state index in [4.69, 9.17) is 9.47 Å². The molecule has 0 unspecified atom stereocenters. The van der Waals surface area contributed by atoms with E-state index >= 15 is 0 Å². The molecule has 0 radical (unpaired) electrons. The van der Waals surface area contributed by atoms with Gasteiger partial charge in [-0.3, -0.25) is 9.59 Å². The molecule has 1 saturated heterocycles. The fourth-order valence-electron chi connectivity index (χ4n) is 3.05. The highest BCUT2D eigenvalue weighted by Crippen LogP contribution is 2.18. The lowest BCUT2D eigenvalue weighted by atomic mass is 10.1. The maximum atomic E-state index is 12.6. The molecule has 3 rings (SSSR count). The van der Waals surface area contributed by atoms with E-state index < -0.39 is 0 Å². The molecule has 1 atom stereocenters. The molecule has 0 aromatic heterocycles. The molecule has 0 saturated carbocycles. The van der Waals surface area contributed by atoms with Gasteiger partial charge in [-0.15, -0.1) is 12.4 Å². The van der Waals surface area contributed by atoms with Crippen LogP contribution in [0.2, 0.25) is 0 Å². The maximum Gasteiger partial charge on any atom is 0.262 e. The number of ether oxygens (including phenoxy) is 2. The second-order valence-corrected chi connectivity index (χ2v) is 6.64. The van der Waals surface area contributed by atoms with E-state index in [-0.39, 0.29) is 36.9 Å². The van der Waals surface area contributed by atoms with Crippen LogP contribution < -0.4 is 20.1 Å². The number of benzene rings is 2. The minimum Gasteiger partial charge on any atom is -0.497 e. The van der Waals surface area contributed by atoms with Gasteiger partial charge in [0.2, 0.25) is 0 Å². The highest BCUT2D eigenvalue weighted by atomic mass is 35.5. The summed E-state index contributed by atoms with van der Waals surface area (Å²) in [4.78, 5) is 26.6. The largest absolute Gasteiger partial charge is 0.497 e. The molecule has 1 aliphatic rings. The van der Waals surface area contributed by atoms with Crippen molar-refractivity contribution in [1.82, 2.24) is 10.2 Å². The first kappa shape index (κ1) is 22.5. The number of hydrogen-bond acceptors (Lipinski definition) is 5. The Kier molecular flexibility index (Phi) is 8.30. The van der Waals surface area contributed by atoms with Gasteiger partial charge in [0.1, 0.15) is 11.5 Å². The molecule has 1 heterocycles. The number of carbonyl (C=O) groups is 2. The molecular weight excluding hydrogens is 394 g/mol. The maximum absolute atomic E-state index is 12.6. The van der Waals surface area contributed by atoms with Crippen LogP contribution in [0.5, 0.6) is 11.5 Å². The van der Waals surface area contributed by atoms with Gasteiger partial charge in [0, 0.05) is 43.0 Å². The van der Waals surface area contributed by atoms with Crippen molar-refractivity contribution in [1.29, 1.82) is 0 Å². The number of anilines is 1. The average Bonchev–Trinajstić information content (AvgIpc) is 2.72. The second kappa shape index (κ2) is 10.7. The first-order valence-corrected chi connectivity index (χ1v) is 9.25. The molecule has 2 aromatic carbocycles. The summed E-state index contributed by atoms with van der Waals surface area (Å²) in [6.45, 7) is 4.21. The van der Waals surface area contributed by atoms with Crippen LogP contribution >= 0.6 is 12.4 Å². The third-order valence-corrected chi connectivity index (χ3v) is 4.59. The molecule has 156 valence electrons. The smallest absolute Gasteiger partial charge is 0.262 e. The lowest BCUT2D eigenvalue weighted by Gasteiger charge is -2.34. The van der Waals surface area contributed by atoms with Crippen molar-refractivity contribution in [3.05, 3.63) is 54.1 Å². The number of halogens is 1. The fourth-order valence-corrected chi connectivity index (χ4v) is 3.05. The van der Waals surface area contributed by atoms with E-state index in [1.807, 2.05) is 11.8 Å². The summed E-state index contributed by atoms with van der Waals surface area (Å²) in [5, 5.41) is 6.03. The van der Waals surface area contributed by atoms with Gasteiger partial charge in [-0.25, -0.2) is 0 Å². The van der Waals surface area contributed by atoms with Crippen LogP contribution in [0.25, 0.3) is 0 Å². The summed E-state index contributed by atoms with van der Waals surface area (Å²) in [6.07, 6.45) is 0. The van der Waals surface area contributed by atoms with Crippen LogP contribution in [0.15, 0.2) is 48.5 Å². The van der Waals surface area contributed by atoms with Gasteiger partial charge < -0.3 is 25.0 Å². The molecule has 8 heteroatoms. The van der Waals surface area contributed by atoms with Crippen LogP contribution in [0.4, 0.5) is 5.69 Å². The minimum absolute atomic E-state index is 0. The lowest BCUT2D eigenvalue weighted by Crippen LogP contribution is -2.52. The zero-order valence-corrected chi connectivity index (χ0v) is 17.3. The van der Waals surface area contributed by atoms with Gasteiger partial charge in [-0.05, 0) is 43.3 Å². The summed E-state index contributed by atoms with van der Waals surface area (Å²) in [7, 11) is 1.57. The van der Waals surface area contributed by atoms with Crippen LogP contribution in [-0.4, -0.2) is 56.1 Å². The lowest BCUT2D eigenvalue weighted by molar-refractivity contribution is -0.118. The van der Waals surface area contributed by atoms with Gasteiger partial charge in [0.25, 0.3) is 11.8 Å². The Hall–Kier alpha value is -2.77. The van der Waals surface area contributed by atoms with Gasteiger partial charge in [0.15, 0.2) is 6.61 Å². The van der Waals surface area contributed by atoms with Crippen molar-refractivity contribution >= 4 is 29.9 Å². The summed E-state index contributed by atoms with van der Waals surface area (Å²) in [5.74, 6) is 0.933. The molecule has 1 fully saturated rings. The molecule has 7 nitrogen and oxygen atoms in total. The second-order valence-electron chi connectivity index (χ2n) is 6.64. The normalized spacial score (nSPS) is 15.8. The predicted octanol–water partition coefficient (Wildman–Crippen LogP) is 2.57. The van der Waals surface area contributed by atoms with Gasteiger partial charge in [0.05, 0.1) is 7.11 Å². The SMILES string of the molecule is COc1cccc(NC(=O)COc2ccc(C(=O)N3CCNC[C@H]3C)cc2)c1.Cl. The van der Waals surface area contributed by atoms with E-state index in [1.165, 1.54) is 0 Å². The van der Waals surface area contributed by atoms with Crippen molar-refractivity contribution in [3.8, 4) is 11.5 Å². The first-order chi connectivity index (χ1) is 13.6. The zero-order chi connectivity index (χ0) is 19.9. The number of carbonyl (C=O) groups excluding carboxylic acids is 2. The van der Waals surface area contributed by atoms with Crippen molar-refractivity contribution in [2.24, 2.45) is 0 Å². The minimum atomic E-state index is -0.275. The third kappa shape index (κ3) is 6.10. The predicted molar refractivity (Wildman–Crippen MR) is 114 cm³/mol. The molecule has 0 spiro atoms. The highest BCUT2D eigenvalue weighted by Gasteiger charge is 2.23. The molecule has 0 bridgehead atoms. The van der Waals surface area contributed by atoms with E-state index in [0.717, 1.165) is 13.1 Å². The van der Waals surface area contributed by atoms with Crippen LogP contribution in [0, 0.1) is 0 Å². The van der Waals surface area contributed by atoms with Crippen molar-refractivity contribution in [2.75, 3.05) is 38.7 Å². The van der Waals surface area contributed by atoms with Crippen LogP contribution in [0.3, 0.4) is 0 Å². The molecule has 2 amide bonds. The summed E-state index contributed by atoms with van der Waals surface area (Å²) in [5.41, 5.74) is 1.25. The monoisotopic (exact) mass is 419 g/mol. The zero-order valence-electron chi connectivity index (χ0n) is 16.5. The molecular formula is C21H26ClN3O4. The Morgan fingerprint density at radius 1 is 1.17 bits per heavy atom. The van der Waals surface area contributed by atoms with Crippen molar-refractivity contribution in [2.45, 2.75) is 13.0 Å². The molecule has 2 aromatic rings. The number of piperazine rings is 1. The first-order valence-electron chi connectivity index (χ1n) is 9.25. The number of rotatable bonds is 6. The number of hydrogen-bond donors (Lipinski definition) is 2. The Bertz CT molecular complexity index is 829. The number of nitrogens with zero attached hydrogens (tertiary/aromatic N) is 1. The quantitative estimate of drug-likeness (QED) is 0.752. The molecule has 29 heavy (non-hydrogen) atoms. The van der Waals surface area contributed by atoms with Gasteiger partial charge in [-0.2, -0.15) is 0 Å². The van der Waals surface area contributed by atoms with Crippen LogP contribution in [-0.2, 0) is 4.79 Å². The topological polar surface area (TPSA) is 79.9 Å². The van der Waals surface area contributed by atoms with E-state index in [2.05, 4.69) is 10.6 Å². The molecule has 0 aliphatic carbocycles. The van der Waals surface area contributed by atoms with E-state index in [9.17, 15) is 9.59 Å². The number of amides is 2. The van der Waals surface area contributed by atoms with E-state index in [1.54, 1.807) is 55.6 Å². The molecule has 1 aliphatic heterocycles. The van der Waals surface area contributed by atoms with E-state index in [0.29, 0.717) is 29.3 Å². The van der Waals surface area contributed by atoms with Crippen molar-refractivity contribution < 1.29 is 19.1 Å². The molecule has 2 N–H and O–H groups in total. The Morgan fingerprint density at radius 2 is 1.93 bits per heavy atom. The standard InChI is InChI=1S/C21H25N3O4.ClH/c1-15-13-22-10-11-24(15)21(26)16-6-8-18(9-7-16)28-14-20(25)23-17-4-3-5-19(12-17)27-2;/h3-9,12,15,22H,10-11,13-14H2,1-2H3,(H,23,25);1H/t15-;/m1./s1. The third-order valence-electron chi connectivity index (χ3n) is 4.59. The summed E-state index contributed by atoms with van der Waals surface area (Å²) >= 11 is 0. The van der Waals surface area contributed by atoms with Gasteiger partial charge >= 0.3 is 0 Å². The number of nitrogens with one attached hydrogen (secondary N) is 2. The van der Waals surface area contributed by atoms with Crippen LogP contribution in [0.1, 0.15) is 17.3 Å². The Labute approximate surface area is 176 Å². The fraction of sp³-hybridized carbons (Fsp3) is 0.333. The average molecular weight is 420 g/mol. The van der Waals surface area contributed by atoms with Gasteiger partial charge in [-0.1, -0.05) is 6.07 Å². The Morgan fingerprint density at radius 3 is 2.62 bits per heavy atom. The van der Waals surface area contributed by atoms with Crippen molar-refractivity contribution in [3.63, 3.8) is 0 Å². The Balaban J connectivity index is 0.00000300. The highest BCUT2D eigenvalue weighted by molar-refractivity contribution is 5.94. The summed E-state index contributed by atoms with van der Waals surface area (Å²) < 4.78 is 10.6.